The zero-order valence-electron chi connectivity index (χ0n) is 10.4. The van der Waals surface area contributed by atoms with Crippen LogP contribution in [-0.4, -0.2) is 51.7 Å². The first-order valence-electron chi connectivity index (χ1n) is 5.68. The fraction of sp³-hybridized carbons (Fsp3) is 0.455. The third-order valence-electron chi connectivity index (χ3n) is 2.44. The monoisotopic (exact) mass is 265 g/mol. The van der Waals surface area contributed by atoms with Gasteiger partial charge in [0.05, 0.1) is 17.3 Å². The van der Waals surface area contributed by atoms with Crippen LogP contribution < -0.4 is 5.32 Å². The maximum Gasteiger partial charge on any atom is 0.252 e. The largest absolute Gasteiger partial charge is 0.352 e. The van der Waals surface area contributed by atoms with Crippen LogP contribution in [0.3, 0.4) is 0 Å². The average molecular weight is 265 g/mol. The van der Waals surface area contributed by atoms with Crippen molar-refractivity contribution in [3.63, 3.8) is 0 Å². The number of hydrogen-bond acceptors (Lipinski definition) is 6. The second kappa shape index (κ2) is 5.83. The summed E-state index contributed by atoms with van der Waals surface area (Å²) in [5.74, 6) is -0.115. The molecule has 0 aromatic carbocycles. The second-order valence-corrected chi connectivity index (χ2v) is 4.77. The Bertz CT molecular complexity index is 539. The summed E-state index contributed by atoms with van der Waals surface area (Å²) in [6, 6.07) is 1.72. The van der Waals surface area contributed by atoms with Crippen LogP contribution in [0.25, 0.3) is 11.2 Å². The zero-order chi connectivity index (χ0) is 13.0. The molecule has 0 spiro atoms. The molecule has 0 radical (unpaired) electrons. The third kappa shape index (κ3) is 3.21. The number of hydrogen-bond donors (Lipinski definition) is 1. The lowest BCUT2D eigenvalue weighted by molar-refractivity contribution is 0.0952. The summed E-state index contributed by atoms with van der Waals surface area (Å²) in [6.45, 7) is 1.61. The van der Waals surface area contributed by atoms with Gasteiger partial charge in [-0.1, -0.05) is 0 Å². The van der Waals surface area contributed by atoms with Gasteiger partial charge in [-0.3, -0.25) is 4.79 Å². The molecular formula is C11H15N5OS. The van der Waals surface area contributed by atoms with Crippen molar-refractivity contribution >= 4 is 28.8 Å². The molecule has 7 heteroatoms. The van der Waals surface area contributed by atoms with Crippen LogP contribution in [0.5, 0.6) is 0 Å². The zero-order valence-corrected chi connectivity index (χ0v) is 11.2. The lowest BCUT2D eigenvalue weighted by Crippen LogP contribution is -2.27. The lowest BCUT2D eigenvalue weighted by atomic mass is 10.2. The Morgan fingerprint density at radius 3 is 3.06 bits per heavy atom. The molecule has 0 aliphatic carbocycles. The number of nitrogens with zero attached hydrogens (tertiary/aromatic N) is 4. The number of nitrogens with one attached hydrogen (secondary N) is 1. The fourth-order valence-corrected chi connectivity index (χ4v) is 1.99. The van der Waals surface area contributed by atoms with E-state index >= 15 is 0 Å². The van der Waals surface area contributed by atoms with Gasteiger partial charge in [-0.15, -0.1) is 0 Å². The van der Waals surface area contributed by atoms with Crippen molar-refractivity contribution in [1.29, 1.82) is 0 Å². The SMILES string of the molecule is CN(C)CCCNC(=O)c1cnc2nsnc2c1. The molecule has 18 heavy (non-hydrogen) atoms. The maximum absolute atomic E-state index is 11.8. The van der Waals surface area contributed by atoms with Gasteiger partial charge < -0.3 is 10.2 Å². The van der Waals surface area contributed by atoms with Gasteiger partial charge in [0, 0.05) is 12.7 Å². The molecule has 0 bridgehead atoms. The van der Waals surface area contributed by atoms with Crippen molar-refractivity contribution < 1.29 is 4.79 Å². The molecule has 2 rings (SSSR count). The van der Waals surface area contributed by atoms with Crippen LogP contribution in [-0.2, 0) is 0 Å². The lowest BCUT2D eigenvalue weighted by Gasteiger charge is -2.09. The number of amides is 1. The molecule has 0 aliphatic heterocycles. The number of aromatic nitrogens is 3. The predicted molar refractivity (Wildman–Crippen MR) is 70.7 cm³/mol. The minimum atomic E-state index is -0.115. The van der Waals surface area contributed by atoms with Gasteiger partial charge in [0.15, 0.2) is 5.65 Å². The quantitative estimate of drug-likeness (QED) is 0.808. The highest BCUT2D eigenvalue weighted by Gasteiger charge is 2.08. The molecule has 0 fully saturated rings. The Morgan fingerprint density at radius 2 is 2.28 bits per heavy atom. The van der Waals surface area contributed by atoms with E-state index in [2.05, 4.69) is 23.9 Å². The van der Waals surface area contributed by atoms with Crippen LogP contribution in [0, 0.1) is 0 Å². The van der Waals surface area contributed by atoms with E-state index in [1.807, 2.05) is 14.1 Å². The first-order chi connectivity index (χ1) is 8.66. The van der Waals surface area contributed by atoms with Gasteiger partial charge in [0.2, 0.25) is 0 Å². The Hall–Kier alpha value is -1.60. The Balaban J connectivity index is 1.92. The van der Waals surface area contributed by atoms with Gasteiger partial charge in [-0.2, -0.15) is 8.75 Å². The molecule has 6 nitrogen and oxygen atoms in total. The van der Waals surface area contributed by atoms with E-state index in [-0.39, 0.29) is 5.91 Å². The molecule has 0 atom stereocenters. The number of rotatable bonds is 5. The van der Waals surface area contributed by atoms with Crippen LogP contribution >= 0.6 is 11.7 Å². The van der Waals surface area contributed by atoms with E-state index in [1.54, 1.807) is 6.07 Å². The maximum atomic E-state index is 11.8. The van der Waals surface area contributed by atoms with Crippen molar-refractivity contribution in [1.82, 2.24) is 23.9 Å². The van der Waals surface area contributed by atoms with Crippen LogP contribution in [0.15, 0.2) is 12.3 Å². The molecule has 0 unspecified atom stereocenters. The fourth-order valence-electron chi connectivity index (χ4n) is 1.51. The molecule has 2 aromatic heterocycles. The summed E-state index contributed by atoms with van der Waals surface area (Å²) in [4.78, 5) is 18.0. The van der Waals surface area contributed by atoms with Crippen molar-refractivity contribution in [2.75, 3.05) is 27.2 Å². The van der Waals surface area contributed by atoms with Crippen LogP contribution in [0.2, 0.25) is 0 Å². The summed E-state index contributed by atoms with van der Waals surface area (Å²) >= 11 is 1.10. The first-order valence-corrected chi connectivity index (χ1v) is 6.41. The highest BCUT2D eigenvalue weighted by molar-refractivity contribution is 7.00. The van der Waals surface area contributed by atoms with E-state index in [0.717, 1.165) is 24.7 Å². The van der Waals surface area contributed by atoms with Crippen molar-refractivity contribution in [3.05, 3.63) is 17.8 Å². The van der Waals surface area contributed by atoms with Gasteiger partial charge in [-0.05, 0) is 33.1 Å². The summed E-state index contributed by atoms with van der Waals surface area (Å²) in [5, 5.41) is 2.86. The molecule has 1 N–H and O–H groups in total. The highest BCUT2D eigenvalue weighted by Crippen LogP contribution is 2.10. The van der Waals surface area contributed by atoms with Crippen LogP contribution in [0.1, 0.15) is 16.8 Å². The predicted octanol–water partition coefficient (Wildman–Crippen LogP) is 0.768. The van der Waals surface area contributed by atoms with Gasteiger partial charge in [0.1, 0.15) is 5.52 Å². The Kier molecular flexibility index (Phi) is 4.16. The molecule has 1 amide bonds. The summed E-state index contributed by atoms with van der Waals surface area (Å²) < 4.78 is 8.06. The molecule has 2 heterocycles. The molecule has 0 saturated carbocycles. The van der Waals surface area contributed by atoms with Crippen LogP contribution in [0.4, 0.5) is 0 Å². The van der Waals surface area contributed by atoms with Gasteiger partial charge >= 0.3 is 0 Å². The van der Waals surface area contributed by atoms with Crippen molar-refractivity contribution in [2.45, 2.75) is 6.42 Å². The topological polar surface area (TPSA) is 71.0 Å². The van der Waals surface area contributed by atoms with E-state index in [0.29, 0.717) is 23.3 Å². The molecule has 0 aliphatic rings. The summed E-state index contributed by atoms with van der Waals surface area (Å²) in [7, 11) is 4.02. The standard InChI is InChI=1S/C11H15N5OS/c1-16(2)5-3-4-12-11(17)8-6-9-10(13-7-8)15-18-14-9/h6-7H,3-5H2,1-2H3,(H,12,17). The molecule has 96 valence electrons. The van der Waals surface area contributed by atoms with Gasteiger partial charge in [0.25, 0.3) is 5.91 Å². The molecule has 0 saturated heterocycles. The van der Waals surface area contributed by atoms with Crippen molar-refractivity contribution in [2.24, 2.45) is 0 Å². The second-order valence-electron chi connectivity index (χ2n) is 4.24. The molecular weight excluding hydrogens is 250 g/mol. The first kappa shape index (κ1) is 12.8. The van der Waals surface area contributed by atoms with E-state index in [4.69, 9.17) is 0 Å². The Morgan fingerprint density at radius 1 is 1.44 bits per heavy atom. The minimum Gasteiger partial charge on any atom is -0.352 e. The average Bonchev–Trinajstić information content (AvgIpc) is 2.81. The highest BCUT2D eigenvalue weighted by atomic mass is 32.1. The summed E-state index contributed by atoms with van der Waals surface area (Å²) in [5.41, 5.74) is 1.78. The normalized spacial score (nSPS) is 11.1. The number of fused-ring (bicyclic) bond motifs is 1. The van der Waals surface area contributed by atoms with E-state index in [9.17, 15) is 4.79 Å². The third-order valence-corrected chi connectivity index (χ3v) is 2.98. The Labute approximate surface area is 109 Å². The smallest absolute Gasteiger partial charge is 0.252 e. The number of carbonyl (C=O) groups excluding carboxylic acids is 1. The van der Waals surface area contributed by atoms with Gasteiger partial charge in [-0.25, -0.2) is 4.98 Å². The summed E-state index contributed by atoms with van der Waals surface area (Å²) in [6.07, 6.45) is 2.46. The van der Waals surface area contributed by atoms with E-state index in [1.165, 1.54) is 6.20 Å². The molecule has 2 aromatic rings. The number of pyridine rings is 1. The minimum absolute atomic E-state index is 0.115. The van der Waals surface area contributed by atoms with Crippen molar-refractivity contribution in [3.8, 4) is 0 Å². The number of carbonyl (C=O) groups is 1. The van der Waals surface area contributed by atoms with E-state index < -0.39 is 0 Å².